The lowest BCUT2D eigenvalue weighted by molar-refractivity contribution is -0.113. The molecular formula is C8H10F2O2. The molecular weight excluding hydrogens is 166 g/mol. The van der Waals surface area contributed by atoms with Crippen LogP contribution in [-0.2, 0) is 4.79 Å². The van der Waals surface area contributed by atoms with Crippen molar-refractivity contribution in [2.45, 2.75) is 20.3 Å². The molecule has 0 radical (unpaired) electrons. The Bertz CT molecular complexity index is 229. The van der Waals surface area contributed by atoms with Gasteiger partial charge in [0.15, 0.2) is 5.76 Å². The van der Waals surface area contributed by atoms with E-state index in [1.54, 1.807) is 0 Å². The third kappa shape index (κ3) is 3.27. The number of carbonyl (C=O) groups excluding carboxylic acids is 1. The number of allylic oxidation sites excluding steroid dienone is 3. The molecule has 0 bridgehead atoms. The summed E-state index contributed by atoms with van der Waals surface area (Å²) in [7, 11) is 0. The lowest BCUT2D eigenvalue weighted by Crippen LogP contribution is -2.01. The zero-order chi connectivity index (χ0) is 9.72. The maximum Gasteiger partial charge on any atom is 0.260 e. The van der Waals surface area contributed by atoms with E-state index in [0.29, 0.717) is 0 Å². The van der Waals surface area contributed by atoms with Crippen LogP contribution in [0.15, 0.2) is 23.5 Å². The summed E-state index contributed by atoms with van der Waals surface area (Å²) in [6, 6.07) is 0. The first-order valence-electron chi connectivity index (χ1n) is 3.35. The molecule has 0 rings (SSSR count). The quantitative estimate of drug-likeness (QED) is 0.528. The SMILES string of the molecule is C/C=C(/O)C(=O)/C=C(\C)C(F)F. The van der Waals surface area contributed by atoms with E-state index in [4.69, 9.17) is 5.11 Å². The van der Waals surface area contributed by atoms with Crippen molar-refractivity contribution in [2.24, 2.45) is 0 Å². The van der Waals surface area contributed by atoms with Crippen molar-refractivity contribution >= 4 is 5.78 Å². The van der Waals surface area contributed by atoms with Gasteiger partial charge in [-0.2, -0.15) is 0 Å². The van der Waals surface area contributed by atoms with Gasteiger partial charge in [0.1, 0.15) is 0 Å². The monoisotopic (exact) mass is 176 g/mol. The first-order valence-corrected chi connectivity index (χ1v) is 3.35. The van der Waals surface area contributed by atoms with E-state index in [2.05, 4.69) is 0 Å². The van der Waals surface area contributed by atoms with Gasteiger partial charge >= 0.3 is 0 Å². The van der Waals surface area contributed by atoms with Crippen molar-refractivity contribution in [1.82, 2.24) is 0 Å². The molecule has 0 atom stereocenters. The molecule has 1 N–H and O–H groups in total. The Morgan fingerprint density at radius 2 is 2.00 bits per heavy atom. The Hall–Kier alpha value is -1.19. The number of aliphatic hydroxyl groups excluding tert-OH is 1. The number of hydrogen-bond acceptors (Lipinski definition) is 2. The Kier molecular flexibility index (Phi) is 4.18. The maximum absolute atomic E-state index is 11.8. The van der Waals surface area contributed by atoms with Crippen LogP contribution < -0.4 is 0 Å². The minimum absolute atomic E-state index is 0.353. The van der Waals surface area contributed by atoms with Crippen molar-refractivity contribution in [3.05, 3.63) is 23.5 Å². The fourth-order valence-electron chi connectivity index (χ4n) is 0.486. The Balaban J connectivity index is 4.45. The summed E-state index contributed by atoms with van der Waals surface area (Å²) in [6.45, 7) is 2.57. The summed E-state index contributed by atoms with van der Waals surface area (Å²) < 4.78 is 23.7. The number of carbonyl (C=O) groups is 1. The molecule has 68 valence electrons. The van der Waals surface area contributed by atoms with E-state index in [0.717, 1.165) is 19.1 Å². The second kappa shape index (κ2) is 4.64. The maximum atomic E-state index is 11.8. The molecule has 0 aromatic heterocycles. The predicted molar refractivity (Wildman–Crippen MR) is 41.2 cm³/mol. The Morgan fingerprint density at radius 3 is 2.33 bits per heavy atom. The predicted octanol–water partition coefficient (Wildman–Crippen LogP) is 2.23. The highest BCUT2D eigenvalue weighted by Crippen LogP contribution is 2.08. The zero-order valence-electron chi connectivity index (χ0n) is 6.84. The van der Waals surface area contributed by atoms with Gasteiger partial charge in [0, 0.05) is 0 Å². The third-order valence-electron chi connectivity index (χ3n) is 1.23. The number of rotatable bonds is 3. The van der Waals surface area contributed by atoms with E-state index >= 15 is 0 Å². The van der Waals surface area contributed by atoms with Crippen LogP contribution in [0.4, 0.5) is 8.78 Å². The fourth-order valence-corrected chi connectivity index (χ4v) is 0.486. The minimum Gasteiger partial charge on any atom is -0.504 e. The minimum atomic E-state index is -2.65. The van der Waals surface area contributed by atoms with E-state index in [1.165, 1.54) is 6.92 Å². The molecule has 2 nitrogen and oxygen atoms in total. The second-order valence-corrected chi connectivity index (χ2v) is 2.23. The van der Waals surface area contributed by atoms with Gasteiger partial charge in [-0.15, -0.1) is 0 Å². The van der Waals surface area contributed by atoms with Gasteiger partial charge in [0.2, 0.25) is 5.78 Å². The van der Waals surface area contributed by atoms with Gasteiger partial charge in [-0.1, -0.05) is 0 Å². The molecule has 4 heteroatoms. The average molecular weight is 176 g/mol. The largest absolute Gasteiger partial charge is 0.504 e. The molecule has 0 saturated heterocycles. The second-order valence-electron chi connectivity index (χ2n) is 2.23. The smallest absolute Gasteiger partial charge is 0.260 e. The summed E-state index contributed by atoms with van der Waals surface area (Å²) in [4.78, 5) is 10.8. The summed E-state index contributed by atoms with van der Waals surface area (Å²) in [5, 5.41) is 8.78. The summed E-state index contributed by atoms with van der Waals surface area (Å²) >= 11 is 0. The molecule has 0 unspecified atom stereocenters. The van der Waals surface area contributed by atoms with Crippen LogP contribution in [0.25, 0.3) is 0 Å². The average Bonchev–Trinajstić information content (AvgIpc) is 2.02. The first-order chi connectivity index (χ1) is 5.49. The molecule has 0 aromatic carbocycles. The number of ketones is 1. The summed E-state index contributed by atoms with van der Waals surface area (Å²) in [5.41, 5.74) is -0.353. The molecule has 0 aliphatic rings. The molecule has 12 heavy (non-hydrogen) atoms. The topological polar surface area (TPSA) is 37.3 Å². The molecule has 0 heterocycles. The molecule has 0 saturated carbocycles. The molecule has 0 fully saturated rings. The zero-order valence-corrected chi connectivity index (χ0v) is 6.84. The van der Waals surface area contributed by atoms with Crippen LogP contribution in [0.3, 0.4) is 0 Å². The van der Waals surface area contributed by atoms with Gasteiger partial charge in [-0.3, -0.25) is 4.79 Å². The van der Waals surface area contributed by atoms with Crippen LogP contribution >= 0.6 is 0 Å². The molecule has 0 amide bonds. The van der Waals surface area contributed by atoms with Crippen LogP contribution in [0.5, 0.6) is 0 Å². The van der Waals surface area contributed by atoms with Crippen molar-refractivity contribution in [2.75, 3.05) is 0 Å². The van der Waals surface area contributed by atoms with E-state index < -0.39 is 18.0 Å². The highest BCUT2D eigenvalue weighted by Gasteiger charge is 2.09. The highest BCUT2D eigenvalue weighted by molar-refractivity contribution is 6.02. The molecule has 0 aliphatic carbocycles. The normalized spacial score (nSPS) is 13.8. The van der Waals surface area contributed by atoms with E-state index in [1.807, 2.05) is 0 Å². The Labute approximate surface area is 69.2 Å². The number of halogens is 2. The number of aliphatic hydroxyl groups is 1. The molecule has 0 spiro atoms. The molecule has 0 aromatic rings. The first kappa shape index (κ1) is 10.8. The van der Waals surface area contributed by atoms with Crippen molar-refractivity contribution in [1.29, 1.82) is 0 Å². The van der Waals surface area contributed by atoms with Crippen molar-refractivity contribution in [3.63, 3.8) is 0 Å². The lowest BCUT2D eigenvalue weighted by atomic mass is 10.2. The van der Waals surface area contributed by atoms with Crippen molar-refractivity contribution < 1.29 is 18.7 Å². The van der Waals surface area contributed by atoms with Crippen LogP contribution in [0.1, 0.15) is 13.8 Å². The number of alkyl halides is 2. The summed E-state index contributed by atoms with van der Waals surface area (Å²) in [6.07, 6.45) is -0.781. The van der Waals surface area contributed by atoms with Gasteiger partial charge in [-0.25, -0.2) is 8.78 Å². The highest BCUT2D eigenvalue weighted by atomic mass is 19.3. The van der Waals surface area contributed by atoms with E-state index in [-0.39, 0.29) is 5.57 Å². The van der Waals surface area contributed by atoms with Crippen LogP contribution in [0.2, 0.25) is 0 Å². The Morgan fingerprint density at radius 1 is 1.50 bits per heavy atom. The van der Waals surface area contributed by atoms with Crippen LogP contribution in [-0.4, -0.2) is 17.3 Å². The molecule has 0 aliphatic heterocycles. The van der Waals surface area contributed by atoms with Gasteiger partial charge < -0.3 is 5.11 Å². The fraction of sp³-hybridized carbons (Fsp3) is 0.375. The van der Waals surface area contributed by atoms with Gasteiger partial charge in [-0.05, 0) is 31.6 Å². The number of hydrogen-bond donors (Lipinski definition) is 1. The third-order valence-corrected chi connectivity index (χ3v) is 1.23. The van der Waals surface area contributed by atoms with Crippen molar-refractivity contribution in [3.8, 4) is 0 Å². The standard InChI is InChI=1S/C8H10F2O2/c1-3-6(11)7(12)4-5(2)8(9)10/h3-4,8,11H,1-2H3/b5-4+,6-3+. The summed E-state index contributed by atoms with van der Waals surface area (Å²) in [5.74, 6) is -1.31. The lowest BCUT2D eigenvalue weighted by Gasteiger charge is -1.97. The van der Waals surface area contributed by atoms with E-state index in [9.17, 15) is 13.6 Å². The van der Waals surface area contributed by atoms with Crippen LogP contribution in [0, 0.1) is 0 Å². The van der Waals surface area contributed by atoms with Gasteiger partial charge in [0.25, 0.3) is 6.43 Å². The van der Waals surface area contributed by atoms with Gasteiger partial charge in [0.05, 0.1) is 0 Å².